The molecule has 0 aromatic carbocycles. The summed E-state index contributed by atoms with van der Waals surface area (Å²) >= 11 is 0. The highest BCUT2D eigenvalue weighted by Crippen LogP contribution is 2.18. The first-order valence-electron chi connectivity index (χ1n) is 7.41. The van der Waals surface area contributed by atoms with Crippen molar-refractivity contribution in [2.45, 2.75) is 46.3 Å². The Hall–Kier alpha value is -0.850. The van der Waals surface area contributed by atoms with E-state index < -0.39 is 9.84 Å². The summed E-state index contributed by atoms with van der Waals surface area (Å²) in [5.74, 6) is 2.36. The van der Waals surface area contributed by atoms with Crippen LogP contribution in [0, 0.1) is 6.92 Å². The SMILES string of the molecule is Cc1oc(CN2CCS(=O)(=O)CC2)cc1CNC(C)(C)C. The van der Waals surface area contributed by atoms with Gasteiger partial charge in [0.1, 0.15) is 11.5 Å². The van der Waals surface area contributed by atoms with E-state index in [9.17, 15) is 8.42 Å². The molecule has 1 aliphatic rings. The van der Waals surface area contributed by atoms with Crippen LogP contribution in [-0.4, -0.2) is 43.5 Å². The summed E-state index contributed by atoms with van der Waals surface area (Å²) < 4.78 is 28.7. The first kappa shape index (κ1) is 16.5. The molecule has 1 aliphatic heterocycles. The first-order valence-corrected chi connectivity index (χ1v) is 9.23. The third-order valence-corrected chi connectivity index (χ3v) is 5.31. The molecule has 0 spiro atoms. The quantitative estimate of drug-likeness (QED) is 0.916. The summed E-state index contributed by atoms with van der Waals surface area (Å²) in [6.45, 7) is 11.0. The summed E-state index contributed by atoms with van der Waals surface area (Å²) in [6, 6.07) is 2.08. The summed E-state index contributed by atoms with van der Waals surface area (Å²) in [7, 11) is -2.82. The molecule has 6 heteroatoms. The van der Waals surface area contributed by atoms with Crippen molar-refractivity contribution in [3.05, 3.63) is 23.2 Å². The van der Waals surface area contributed by atoms with Gasteiger partial charge in [0.05, 0.1) is 18.1 Å². The van der Waals surface area contributed by atoms with Crippen LogP contribution in [0.3, 0.4) is 0 Å². The zero-order chi connectivity index (χ0) is 15.7. The van der Waals surface area contributed by atoms with Gasteiger partial charge in [-0.2, -0.15) is 0 Å². The molecule has 0 amide bonds. The van der Waals surface area contributed by atoms with Crippen molar-refractivity contribution in [3.8, 4) is 0 Å². The molecule has 0 radical (unpaired) electrons. The molecular formula is C15H26N2O3S. The van der Waals surface area contributed by atoms with Crippen molar-refractivity contribution in [3.63, 3.8) is 0 Å². The number of nitrogens with one attached hydrogen (secondary N) is 1. The molecule has 21 heavy (non-hydrogen) atoms. The maximum Gasteiger partial charge on any atom is 0.152 e. The predicted octanol–water partition coefficient (Wildman–Crippen LogP) is 1.71. The molecule has 0 atom stereocenters. The van der Waals surface area contributed by atoms with Crippen LogP contribution in [0.1, 0.15) is 37.9 Å². The fourth-order valence-corrected chi connectivity index (χ4v) is 3.61. The van der Waals surface area contributed by atoms with Gasteiger partial charge in [0.2, 0.25) is 0 Å². The molecule has 5 nitrogen and oxygen atoms in total. The van der Waals surface area contributed by atoms with Crippen LogP contribution in [0.25, 0.3) is 0 Å². The third kappa shape index (κ3) is 5.13. The van der Waals surface area contributed by atoms with Crippen LogP contribution in [0.4, 0.5) is 0 Å². The molecule has 0 bridgehead atoms. The Bertz CT molecular complexity index is 571. The predicted molar refractivity (Wildman–Crippen MR) is 84.0 cm³/mol. The highest BCUT2D eigenvalue weighted by atomic mass is 32.2. The second-order valence-electron chi connectivity index (χ2n) is 6.83. The van der Waals surface area contributed by atoms with Crippen LogP contribution in [0.2, 0.25) is 0 Å². The molecule has 0 unspecified atom stereocenters. The number of hydrogen-bond acceptors (Lipinski definition) is 5. The minimum absolute atomic E-state index is 0.0745. The number of nitrogens with zero attached hydrogens (tertiary/aromatic N) is 1. The Morgan fingerprint density at radius 1 is 1.29 bits per heavy atom. The van der Waals surface area contributed by atoms with Crippen molar-refractivity contribution in [1.29, 1.82) is 0 Å². The van der Waals surface area contributed by atoms with E-state index in [2.05, 4.69) is 37.1 Å². The third-order valence-electron chi connectivity index (χ3n) is 3.70. The van der Waals surface area contributed by atoms with Crippen molar-refractivity contribution in [1.82, 2.24) is 10.2 Å². The van der Waals surface area contributed by atoms with E-state index in [1.807, 2.05) is 6.92 Å². The lowest BCUT2D eigenvalue weighted by Gasteiger charge is -2.25. The lowest BCUT2D eigenvalue weighted by atomic mass is 10.1. The molecule has 1 aromatic heterocycles. The Labute approximate surface area is 127 Å². The fourth-order valence-electron chi connectivity index (χ4n) is 2.33. The number of rotatable bonds is 4. The van der Waals surface area contributed by atoms with Crippen LogP contribution in [-0.2, 0) is 22.9 Å². The van der Waals surface area contributed by atoms with E-state index in [0.29, 0.717) is 19.6 Å². The Balaban J connectivity index is 1.93. The van der Waals surface area contributed by atoms with Gasteiger partial charge in [-0.3, -0.25) is 4.90 Å². The fraction of sp³-hybridized carbons (Fsp3) is 0.733. The van der Waals surface area contributed by atoms with E-state index >= 15 is 0 Å². The monoisotopic (exact) mass is 314 g/mol. The Kier molecular flexibility index (Phi) is 4.80. The van der Waals surface area contributed by atoms with Gasteiger partial charge in [-0.05, 0) is 33.8 Å². The van der Waals surface area contributed by atoms with Crippen LogP contribution in [0.15, 0.2) is 10.5 Å². The van der Waals surface area contributed by atoms with E-state index in [1.54, 1.807) is 0 Å². The average molecular weight is 314 g/mol. The van der Waals surface area contributed by atoms with Crippen molar-refractivity contribution >= 4 is 9.84 Å². The highest BCUT2D eigenvalue weighted by molar-refractivity contribution is 7.91. The van der Waals surface area contributed by atoms with Gasteiger partial charge in [0, 0.05) is 30.7 Å². The maximum atomic E-state index is 11.4. The zero-order valence-corrected chi connectivity index (χ0v) is 14.2. The van der Waals surface area contributed by atoms with Gasteiger partial charge >= 0.3 is 0 Å². The number of sulfone groups is 1. The van der Waals surface area contributed by atoms with E-state index in [1.165, 1.54) is 5.56 Å². The van der Waals surface area contributed by atoms with Gasteiger partial charge < -0.3 is 9.73 Å². The van der Waals surface area contributed by atoms with Gasteiger partial charge in [-0.25, -0.2) is 8.42 Å². The molecule has 0 aliphatic carbocycles. The topological polar surface area (TPSA) is 62.6 Å². The normalized spacial score (nSPS) is 19.8. The second-order valence-corrected chi connectivity index (χ2v) is 9.13. The molecule has 1 aromatic rings. The van der Waals surface area contributed by atoms with E-state index in [0.717, 1.165) is 18.1 Å². The van der Waals surface area contributed by atoms with E-state index in [-0.39, 0.29) is 17.0 Å². The van der Waals surface area contributed by atoms with Crippen molar-refractivity contribution in [2.75, 3.05) is 24.6 Å². The molecular weight excluding hydrogens is 288 g/mol. The van der Waals surface area contributed by atoms with E-state index in [4.69, 9.17) is 4.42 Å². The smallest absolute Gasteiger partial charge is 0.152 e. The molecule has 1 fully saturated rings. The Morgan fingerprint density at radius 3 is 2.48 bits per heavy atom. The largest absolute Gasteiger partial charge is 0.465 e. The first-order chi connectivity index (χ1) is 9.65. The lowest BCUT2D eigenvalue weighted by Crippen LogP contribution is -2.39. The molecule has 1 N–H and O–H groups in total. The average Bonchev–Trinajstić information content (AvgIpc) is 2.69. The summed E-state index contributed by atoms with van der Waals surface area (Å²) in [4.78, 5) is 2.14. The zero-order valence-electron chi connectivity index (χ0n) is 13.4. The van der Waals surface area contributed by atoms with Crippen LogP contribution < -0.4 is 5.32 Å². The standard InChI is InChI=1S/C15H26N2O3S/c1-12-13(10-16-15(2,3)4)9-14(20-12)11-17-5-7-21(18,19)8-6-17/h9,16H,5-8,10-11H2,1-4H3. The minimum atomic E-state index is -2.82. The van der Waals surface area contributed by atoms with Gasteiger partial charge in [-0.15, -0.1) is 0 Å². The lowest BCUT2D eigenvalue weighted by molar-refractivity contribution is 0.260. The summed E-state index contributed by atoms with van der Waals surface area (Å²) in [6.07, 6.45) is 0. The maximum absolute atomic E-state index is 11.4. The Morgan fingerprint density at radius 2 is 1.90 bits per heavy atom. The van der Waals surface area contributed by atoms with Crippen LogP contribution in [0.5, 0.6) is 0 Å². The van der Waals surface area contributed by atoms with Gasteiger partial charge in [0.25, 0.3) is 0 Å². The number of furan rings is 1. The second kappa shape index (κ2) is 6.10. The molecule has 120 valence electrons. The number of aryl methyl sites for hydroxylation is 1. The number of hydrogen-bond donors (Lipinski definition) is 1. The summed E-state index contributed by atoms with van der Waals surface area (Å²) in [5, 5.41) is 3.45. The van der Waals surface area contributed by atoms with Crippen molar-refractivity contribution in [2.24, 2.45) is 0 Å². The molecule has 0 saturated carbocycles. The van der Waals surface area contributed by atoms with Gasteiger partial charge in [0.15, 0.2) is 9.84 Å². The molecule has 2 heterocycles. The minimum Gasteiger partial charge on any atom is -0.465 e. The van der Waals surface area contributed by atoms with Gasteiger partial charge in [-0.1, -0.05) is 0 Å². The highest BCUT2D eigenvalue weighted by Gasteiger charge is 2.22. The molecule has 1 saturated heterocycles. The van der Waals surface area contributed by atoms with Crippen LogP contribution >= 0.6 is 0 Å². The molecule has 2 rings (SSSR count). The summed E-state index contributed by atoms with van der Waals surface area (Å²) in [5.41, 5.74) is 1.25. The van der Waals surface area contributed by atoms with Crippen molar-refractivity contribution < 1.29 is 12.8 Å².